The summed E-state index contributed by atoms with van der Waals surface area (Å²) in [5, 5.41) is 7.45. The van der Waals surface area contributed by atoms with Gasteiger partial charge in [0.25, 0.3) is 0 Å². The van der Waals surface area contributed by atoms with Gasteiger partial charge in [-0.1, -0.05) is 33.1 Å². The number of nitrogens with one attached hydrogen (secondary N) is 1. The normalized spacial score (nSPS) is 18.6. The zero-order valence-corrected chi connectivity index (χ0v) is 10.7. The molecule has 0 unspecified atom stereocenters. The van der Waals surface area contributed by atoms with Crippen molar-refractivity contribution in [1.82, 2.24) is 0 Å². The van der Waals surface area contributed by atoms with E-state index in [9.17, 15) is 0 Å². The van der Waals surface area contributed by atoms with E-state index < -0.39 is 0 Å². The average molecular weight is 226 g/mol. The van der Waals surface area contributed by atoms with Crippen LogP contribution in [0.25, 0.3) is 0 Å². The van der Waals surface area contributed by atoms with Crippen LogP contribution in [-0.4, -0.2) is 19.0 Å². The van der Waals surface area contributed by atoms with Gasteiger partial charge in [0.2, 0.25) is 0 Å². The molecular formula is C13H26N2O. The van der Waals surface area contributed by atoms with E-state index in [1.165, 1.54) is 32.1 Å². The van der Waals surface area contributed by atoms with Gasteiger partial charge in [-0.25, -0.2) is 0 Å². The zero-order valence-electron chi connectivity index (χ0n) is 10.7. The van der Waals surface area contributed by atoms with Crippen molar-refractivity contribution in [3.8, 4) is 0 Å². The van der Waals surface area contributed by atoms with Gasteiger partial charge < -0.3 is 10.5 Å². The van der Waals surface area contributed by atoms with E-state index in [0.717, 1.165) is 25.6 Å². The molecule has 0 aromatic rings. The fourth-order valence-electron chi connectivity index (χ4n) is 2.07. The van der Waals surface area contributed by atoms with Crippen LogP contribution in [0.5, 0.6) is 0 Å². The van der Waals surface area contributed by atoms with Crippen LogP contribution in [0.1, 0.15) is 52.4 Å². The summed E-state index contributed by atoms with van der Waals surface area (Å²) >= 11 is 0. The second-order valence-electron chi connectivity index (χ2n) is 5.63. The summed E-state index contributed by atoms with van der Waals surface area (Å²) in [4.78, 5) is 0. The quantitative estimate of drug-likeness (QED) is 0.415. The Kier molecular flexibility index (Phi) is 5.26. The van der Waals surface area contributed by atoms with E-state index in [1.807, 2.05) is 13.8 Å². The Morgan fingerprint density at radius 1 is 1.31 bits per heavy atom. The van der Waals surface area contributed by atoms with Gasteiger partial charge in [0, 0.05) is 18.6 Å². The molecule has 16 heavy (non-hydrogen) atoms. The predicted octanol–water partition coefficient (Wildman–Crippen LogP) is 2.94. The second-order valence-corrected chi connectivity index (χ2v) is 5.63. The van der Waals surface area contributed by atoms with Gasteiger partial charge in [0.15, 0.2) is 0 Å². The molecule has 3 nitrogen and oxygen atoms in total. The first-order valence-corrected chi connectivity index (χ1v) is 6.44. The molecule has 0 radical (unpaired) electrons. The summed E-state index contributed by atoms with van der Waals surface area (Å²) in [6, 6.07) is 0. The van der Waals surface area contributed by atoms with E-state index in [0.29, 0.717) is 0 Å². The molecule has 1 saturated carbocycles. The molecule has 0 heterocycles. The Labute approximate surface area is 99.3 Å². The van der Waals surface area contributed by atoms with Crippen LogP contribution < -0.4 is 5.73 Å². The van der Waals surface area contributed by atoms with Crippen molar-refractivity contribution in [2.75, 3.05) is 13.2 Å². The van der Waals surface area contributed by atoms with Crippen LogP contribution >= 0.6 is 0 Å². The number of hydrogen-bond acceptors (Lipinski definition) is 2. The van der Waals surface area contributed by atoms with E-state index >= 15 is 0 Å². The lowest BCUT2D eigenvalue weighted by Gasteiger charge is -2.24. The fourth-order valence-corrected chi connectivity index (χ4v) is 2.07. The molecule has 0 aliphatic heterocycles. The lowest BCUT2D eigenvalue weighted by atomic mass is 9.88. The lowest BCUT2D eigenvalue weighted by Crippen LogP contribution is -2.32. The molecule has 0 saturated heterocycles. The third-order valence-corrected chi connectivity index (χ3v) is 3.68. The molecule has 3 N–H and O–H groups in total. The van der Waals surface area contributed by atoms with Crippen molar-refractivity contribution in [2.45, 2.75) is 52.4 Å². The van der Waals surface area contributed by atoms with Crippen molar-refractivity contribution in [2.24, 2.45) is 17.1 Å². The van der Waals surface area contributed by atoms with Gasteiger partial charge in [-0.15, -0.1) is 0 Å². The molecule has 1 aliphatic carbocycles. The summed E-state index contributed by atoms with van der Waals surface area (Å²) in [7, 11) is 0. The first-order chi connectivity index (χ1) is 7.52. The monoisotopic (exact) mass is 226 g/mol. The molecule has 1 aliphatic rings. The van der Waals surface area contributed by atoms with Gasteiger partial charge in [-0.2, -0.15) is 0 Å². The Morgan fingerprint density at radius 2 is 1.94 bits per heavy atom. The minimum absolute atomic E-state index is 0.216. The van der Waals surface area contributed by atoms with E-state index in [2.05, 4.69) is 0 Å². The molecular weight excluding hydrogens is 200 g/mol. The van der Waals surface area contributed by atoms with Crippen LogP contribution in [0.2, 0.25) is 0 Å². The SMILES string of the molecule is CC(C)(CCOCC1CCCCC1)C(=N)N. The smallest absolute Gasteiger partial charge is 0.0963 e. The van der Waals surface area contributed by atoms with E-state index in [-0.39, 0.29) is 11.3 Å². The number of ether oxygens (including phenoxy) is 1. The summed E-state index contributed by atoms with van der Waals surface area (Å²) in [5.74, 6) is 1.03. The summed E-state index contributed by atoms with van der Waals surface area (Å²) < 4.78 is 5.71. The molecule has 0 aromatic heterocycles. The molecule has 0 atom stereocenters. The van der Waals surface area contributed by atoms with Crippen molar-refractivity contribution in [3.63, 3.8) is 0 Å². The maximum Gasteiger partial charge on any atom is 0.0963 e. The van der Waals surface area contributed by atoms with Crippen LogP contribution in [-0.2, 0) is 4.74 Å². The summed E-state index contributed by atoms with van der Waals surface area (Å²) in [6.07, 6.45) is 7.63. The minimum atomic E-state index is -0.216. The highest BCUT2D eigenvalue weighted by Crippen LogP contribution is 2.24. The number of rotatable bonds is 6. The maximum absolute atomic E-state index is 7.45. The molecule has 0 bridgehead atoms. The summed E-state index contributed by atoms with van der Waals surface area (Å²) in [6.45, 7) is 5.62. The number of nitrogens with two attached hydrogens (primary N) is 1. The Bertz CT molecular complexity index is 220. The Balaban J connectivity index is 2.09. The average Bonchev–Trinajstić information content (AvgIpc) is 2.26. The largest absolute Gasteiger partial charge is 0.387 e. The van der Waals surface area contributed by atoms with Crippen LogP contribution in [0.4, 0.5) is 0 Å². The molecule has 3 heteroatoms. The second kappa shape index (κ2) is 6.24. The van der Waals surface area contributed by atoms with Gasteiger partial charge in [0.05, 0.1) is 5.84 Å². The molecule has 1 fully saturated rings. The van der Waals surface area contributed by atoms with Gasteiger partial charge in [-0.05, 0) is 25.2 Å². The van der Waals surface area contributed by atoms with Gasteiger partial charge in [0.1, 0.15) is 0 Å². The molecule has 0 spiro atoms. The third kappa shape index (κ3) is 4.52. The van der Waals surface area contributed by atoms with Crippen molar-refractivity contribution in [3.05, 3.63) is 0 Å². The minimum Gasteiger partial charge on any atom is -0.387 e. The van der Waals surface area contributed by atoms with E-state index in [4.69, 9.17) is 15.9 Å². The third-order valence-electron chi connectivity index (χ3n) is 3.68. The molecule has 1 rings (SSSR count). The molecule has 0 aromatic carbocycles. The predicted molar refractivity (Wildman–Crippen MR) is 67.7 cm³/mol. The standard InChI is InChI=1S/C13H26N2O/c1-13(2,12(14)15)8-9-16-10-11-6-4-3-5-7-11/h11H,3-10H2,1-2H3,(H3,14,15). The first-order valence-electron chi connectivity index (χ1n) is 6.44. The highest BCUT2D eigenvalue weighted by Gasteiger charge is 2.21. The number of hydrogen-bond donors (Lipinski definition) is 2. The van der Waals surface area contributed by atoms with Crippen molar-refractivity contribution < 1.29 is 4.74 Å². The zero-order chi connectivity index (χ0) is 12.0. The van der Waals surface area contributed by atoms with Gasteiger partial charge in [-0.3, -0.25) is 5.41 Å². The van der Waals surface area contributed by atoms with Crippen LogP contribution in [0, 0.1) is 16.7 Å². The van der Waals surface area contributed by atoms with Crippen molar-refractivity contribution >= 4 is 5.84 Å². The van der Waals surface area contributed by atoms with E-state index in [1.54, 1.807) is 0 Å². The Hall–Kier alpha value is -0.570. The van der Waals surface area contributed by atoms with Crippen LogP contribution in [0.3, 0.4) is 0 Å². The first kappa shape index (κ1) is 13.5. The molecule has 0 amide bonds. The van der Waals surface area contributed by atoms with Crippen molar-refractivity contribution in [1.29, 1.82) is 5.41 Å². The lowest BCUT2D eigenvalue weighted by molar-refractivity contribution is 0.0735. The molecule has 94 valence electrons. The topological polar surface area (TPSA) is 59.1 Å². The fraction of sp³-hybridized carbons (Fsp3) is 0.923. The highest BCUT2D eigenvalue weighted by atomic mass is 16.5. The van der Waals surface area contributed by atoms with Crippen LogP contribution in [0.15, 0.2) is 0 Å². The number of amidine groups is 1. The maximum atomic E-state index is 7.45. The highest BCUT2D eigenvalue weighted by molar-refractivity contribution is 5.82. The summed E-state index contributed by atoms with van der Waals surface area (Å²) in [5.41, 5.74) is 5.31. The van der Waals surface area contributed by atoms with Gasteiger partial charge >= 0.3 is 0 Å². The Morgan fingerprint density at radius 3 is 2.50 bits per heavy atom.